The summed E-state index contributed by atoms with van der Waals surface area (Å²) in [6.07, 6.45) is 7.73. The van der Waals surface area contributed by atoms with Crippen molar-refractivity contribution in [3.8, 4) is 0 Å². The van der Waals surface area contributed by atoms with Crippen molar-refractivity contribution in [3.05, 3.63) is 22.6 Å². The first-order valence-electron chi connectivity index (χ1n) is 7.44. The number of aromatic nitrogens is 2. The highest BCUT2D eigenvalue weighted by atomic mass is 16.1. The van der Waals surface area contributed by atoms with Gasteiger partial charge in [0.05, 0.1) is 11.9 Å². The molecule has 1 rings (SSSR count). The summed E-state index contributed by atoms with van der Waals surface area (Å²) in [5.41, 5.74) is 0.810. The highest BCUT2D eigenvalue weighted by Crippen LogP contribution is 2.04. The molecule has 0 aliphatic heterocycles. The number of nitrogens with zero attached hydrogens (tertiary/aromatic N) is 2. The molecule has 0 saturated carbocycles. The largest absolute Gasteiger partial charge is 0.383 e. The number of aryl methyl sites for hydroxylation is 1. The Morgan fingerprint density at radius 2 is 2.00 bits per heavy atom. The molecule has 0 amide bonds. The van der Waals surface area contributed by atoms with Crippen LogP contribution in [0.15, 0.2) is 17.1 Å². The van der Waals surface area contributed by atoms with Crippen LogP contribution in [0.25, 0.3) is 0 Å². The highest BCUT2D eigenvalue weighted by Gasteiger charge is 2.01. The van der Waals surface area contributed by atoms with Crippen LogP contribution in [-0.4, -0.2) is 16.3 Å². The number of anilines is 1. The quantitative estimate of drug-likeness (QED) is 0.697. The van der Waals surface area contributed by atoms with Crippen molar-refractivity contribution >= 4 is 5.69 Å². The molecule has 0 aliphatic carbocycles. The minimum Gasteiger partial charge on any atom is -0.383 e. The van der Waals surface area contributed by atoms with Gasteiger partial charge in [0.15, 0.2) is 0 Å². The maximum Gasteiger partial charge on any atom is 0.268 e. The van der Waals surface area contributed by atoms with Gasteiger partial charge < -0.3 is 5.32 Å². The van der Waals surface area contributed by atoms with Crippen molar-refractivity contribution in [2.24, 2.45) is 5.92 Å². The Kier molecular flexibility index (Phi) is 7.23. The van der Waals surface area contributed by atoms with E-state index in [1.165, 1.54) is 25.7 Å². The van der Waals surface area contributed by atoms with E-state index in [0.29, 0.717) is 5.92 Å². The number of rotatable bonds is 9. The van der Waals surface area contributed by atoms with E-state index in [1.54, 1.807) is 16.9 Å². The molecule has 0 atom stereocenters. The fourth-order valence-corrected chi connectivity index (χ4v) is 1.89. The van der Waals surface area contributed by atoms with Gasteiger partial charge in [-0.1, -0.05) is 46.5 Å². The third-order valence-corrected chi connectivity index (χ3v) is 3.06. The zero-order valence-corrected chi connectivity index (χ0v) is 12.5. The van der Waals surface area contributed by atoms with Gasteiger partial charge in [-0.15, -0.1) is 0 Å². The molecule has 4 nitrogen and oxygen atoms in total. The van der Waals surface area contributed by atoms with Gasteiger partial charge in [-0.25, -0.2) is 4.68 Å². The minimum absolute atomic E-state index is 0.00996. The van der Waals surface area contributed by atoms with E-state index in [1.807, 2.05) is 0 Å². The lowest BCUT2D eigenvalue weighted by atomic mass is 10.1. The van der Waals surface area contributed by atoms with Crippen molar-refractivity contribution in [2.75, 3.05) is 11.9 Å². The van der Waals surface area contributed by atoms with Crippen molar-refractivity contribution in [1.82, 2.24) is 9.78 Å². The van der Waals surface area contributed by atoms with Crippen molar-refractivity contribution in [3.63, 3.8) is 0 Å². The Balaban J connectivity index is 2.41. The molecule has 1 aromatic rings. The summed E-state index contributed by atoms with van der Waals surface area (Å²) in [6.45, 7) is 8.07. The maximum atomic E-state index is 11.9. The Morgan fingerprint density at radius 3 is 2.63 bits per heavy atom. The first kappa shape index (κ1) is 15.7. The summed E-state index contributed by atoms with van der Waals surface area (Å²) in [5, 5.41) is 7.44. The van der Waals surface area contributed by atoms with Crippen LogP contribution in [0.1, 0.15) is 52.9 Å². The lowest BCUT2D eigenvalue weighted by molar-refractivity contribution is 0.513. The van der Waals surface area contributed by atoms with E-state index < -0.39 is 0 Å². The van der Waals surface area contributed by atoms with E-state index >= 15 is 0 Å². The zero-order chi connectivity index (χ0) is 14.1. The topological polar surface area (TPSA) is 46.9 Å². The normalized spacial score (nSPS) is 10.9. The minimum atomic E-state index is -0.00996. The maximum absolute atomic E-state index is 11.9. The van der Waals surface area contributed by atoms with Crippen LogP contribution in [0, 0.1) is 5.92 Å². The smallest absolute Gasteiger partial charge is 0.268 e. The summed E-state index contributed by atoms with van der Waals surface area (Å²) in [6, 6.07) is 1.64. The van der Waals surface area contributed by atoms with E-state index in [0.717, 1.165) is 25.2 Å². The molecule has 1 aromatic heterocycles. The first-order chi connectivity index (χ1) is 9.13. The average molecular weight is 265 g/mol. The van der Waals surface area contributed by atoms with Gasteiger partial charge in [-0.2, -0.15) is 5.10 Å². The molecule has 19 heavy (non-hydrogen) atoms. The summed E-state index contributed by atoms with van der Waals surface area (Å²) in [4.78, 5) is 11.9. The van der Waals surface area contributed by atoms with Crippen LogP contribution in [0.3, 0.4) is 0 Å². The van der Waals surface area contributed by atoms with Crippen molar-refractivity contribution < 1.29 is 0 Å². The predicted molar refractivity (Wildman–Crippen MR) is 80.6 cm³/mol. The van der Waals surface area contributed by atoms with E-state index in [9.17, 15) is 4.79 Å². The van der Waals surface area contributed by atoms with Crippen LogP contribution < -0.4 is 10.9 Å². The van der Waals surface area contributed by atoms with Crippen molar-refractivity contribution in [1.29, 1.82) is 0 Å². The molecular weight excluding hydrogens is 238 g/mol. The number of unbranched alkanes of at least 4 members (excludes halogenated alkanes) is 4. The second kappa shape index (κ2) is 8.73. The molecule has 0 saturated heterocycles. The van der Waals surface area contributed by atoms with Crippen LogP contribution in [0.2, 0.25) is 0 Å². The van der Waals surface area contributed by atoms with Crippen LogP contribution >= 0.6 is 0 Å². The van der Waals surface area contributed by atoms with Crippen LogP contribution in [-0.2, 0) is 6.54 Å². The molecule has 0 spiro atoms. The molecule has 1 heterocycles. The summed E-state index contributed by atoms with van der Waals surface area (Å²) in [7, 11) is 0. The molecule has 0 aliphatic rings. The number of hydrogen-bond acceptors (Lipinski definition) is 3. The van der Waals surface area contributed by atoms with Crippen LogP contribution in [0.4, 0.5) is 5.69 Å². The zero-order valence-electron chi connectivity index (χ0n) is 12.5. The Morgan fingerprint density at radius 1 is 1.26 bits per heavy atom. The predicted octanol–water partition coefficient (Wildman–Crippen LogP) is 3.28. The Hall–Kier alpha value is -1.32. The van der Waals surface area contributed by atoms with E-state index in [2.05, 4.69) is 31.2 Å². The number of hydrogen-bond donors (Lipinski definition) is 1. The molecule has 0 bridgehead atoms. The lowest BCUT2D eigenvalue weighted by Crippen LogP contribution is -2.23. The van der Waals surface area contributed by atoms with E-state index in [4.69, 9.17) is 0 Å². The second-order valence-corrected chi connectivity index (χ2v) is 5.49. The SMILES string of the molecule is CCCCCCCn1ncc(NCC(C)C)cc1=O. The molecule has 108 valence electrons. The molecule has 1 N–H and O–H groups in total. The monoisotopic (exact) mass is 265 g/mol. The third-order valence-electron chi connectivity index (χ3n) is 3.06. The second-order valence-electron chi connectivity index (χ2n) is 5.49. The van der Waals surface area contributed by atoms with Gasteiger partial charge in [0.2, 0.25) is 0 Å². The first-order valence-corrected chi connectivity index (χ1v) is 7.44. The standard InChI is InChI=1S/C15H27N3O/c1-4-5-6-7-8-9-18-15(19)10-14(12-17-18)16-11-13(2)3/h10,12-13,16H,4-9,11H2,1-3H3. The molecule has 0 radical (unpaired) electrons. The Labute approximate surface area is 116 Å². The number of nitrogens with one attached hydrogen (secondary N) is 1. The molecular formula is C15H27N3O. The molecule has 0 unspecified atom stereocenters. The fraction of sp³-hybridized carbons (Fsp3) is 0.733. The lowest BCUT2D eigenvalue weighted by Gasteiger charge is -2.09. The van der Waals surface area contributed by atoms with Gasteiger partial charge in [0, 0.05) is 19.2 Å². The average Bonchev–Trinajstić information content (AvgIpc) is 2.38. The summed E-state index contributed by atoms with van der Waals surface area (Å²) in [5.74, 6) is 0.556. The molecule has 0 fully saturated rings. The van der Waals surface area contributed by atoms with Gasteiger partial charge in [-0.3, -0.25) is 4.79 Å². The van der Waals surface area contributed by atoms with Gasteiger partial charge in [0.25, 0.3) is 5.56 Å². The Bertz CT molecular complexity index is 412. The van der Waals surface area contributed by atoms with E-state index in [-0.39, 0.29) is 5.56 Å². The van der Waals surface area contributed by atoms with Gasteiger partial charge >= 0.3 is 0 Å². The summed E-state index contributed by atoms with van der Waals surface area (Å²) < 4.78 is 1.56. The third kappa shape index (κ3) is 6.41. The summed E-state index contributed by atoms with van der Waals surface area (Å²) >= 11 is 0. The van der Waals surface area contributed by atoms with Gasteiger partial charge in [0.1, 0.15) is 0 Å². The van der Waals surface area contributed by atoms with Gasteiger partial charge in [-0.05, 0) is 12.3 Å². The molecule has 0 aromatic carbocycles. The molecule has 4 heteroatoms. The van der Waals surface area contributed by atoms with Crippen molar-refractivity contribution in [2.45, 2.75) is 59.4 Å². The van der Waals surface area contributed by atoms with Crippen LogP contribution in [0.5, 0.6) is 0 Å². The highest BCUT2D eigenvalue weighted by molar-refractivity contribution is 5.38. The fourth-order valence-electron chi connectivity index (χ4n) is 1.89.